The highest BCUT2D eigenvalue weighted by molar-refractivity contribution is 5.23. The van der Waals surface area contributed by atoms with E-state index in [1.54, 1.807) is 0 Å². The van der Waals surface area contributed by atoms with Crippen molar-refractivity contribution in [3.8, 4) is 0 Å². The van der Waals surface area contributed by atoms with Crippen LogP contribution < -0.4 is 11.3 Å². The van der Waals surface area contributed by atoms with Crippen LogP contribution in [0.5, 0.6) is 0 Å². The number of rotatable bonds is 3. The standard InChI is InChI=1S/C10H15N3O2/c11-9-3-4-10(14)13(12-9)6-5-8-2-1-7-15-8/h3-4,8H,1-2,5-7H2,(H2,11,12). The Kier molecular flexibility index (Phi) is 3.01. The Morgan fingerprint density at radius 1 is 1.60 bits per heavy atom. The van der Waals surface area contributed by atoms with Crippen molar-refractivity contribution in [3.05, 3.63) is 22.5 Å². The highest BCUT2D eigenvalue weighted by Gasteiger charge is 2.15. The zero-order chi connectivity index (χ0) is 10.7. The van der Waals surface area contributed by atoms with E-state index < -0.39 is 0 Å². The van der Waals surface area contributed by atoms with Gasteiger partial charge in [-0.1, -0.05) is 0 Å². The third kappa shape index (κ3) is 2.56. The minimum atomic E-state index is -0.109. The van der Waals surface area contributed by atoms with Crippen LogP contribution in [0.2, 0.25) is 0 Å². The molecule has 1 aromatic rings. The van der Waals surface area contributed by atoms with E-state index in [-0.39, 0.29) is 11.7 Å². The quantitative estimate of drug-likeness (QED) is 0.782. The molecule has 0 radical (unpaired) electrons. The molecule has 1 aliphatic heterocycles. The van der Waals surface area contributed by atoms with Gasteiger partial charge in [0.15, 0.2) is 0 Å². The number of aryl methyl sites for hydroxylation is 1. The van der Waals surface area contributed by atoms with Gasteiger partial charge in [0.05, 0.1) is 6.10 Å². The summed E-state index contributed by atoms with van der Waals surface area (Å²) in [7, 11) is 0. The van der Waals surface area contributed by atoms with Crippen LogP contribution in [0.4, 0.5) is 5.82 Å². The summed E-state index contributed by atoms with van der Waals surface area (Å²) < 4.78 is 6.87. The summed E-state index contributed by atoms with van der Waals surface area (Å²) in [5.41, 5.74) is 5.40. The maximum absolute atomic E-state index is 11.4. The summed E-state index contributed by atoms with van der Waals surface area (Å²) >= 11 is 0. The predicted molar refractivity (Wildman–Crippen MR) is 56.5 cm³/mol. The Balaban J connectivity index is 1.97. The first kappa shape index (κ1) is 10.2. The van der Waals surface area contributed by atoms with Gasteiger partial charge in [-0.15, -0.1) is 0 Å². The molecule has 1 atom stereocenters. The topological polar surface area (TPSA) is 70.1 Å². The number of anilines is 1. The molecule has 0 amide bonds. The molecule has 1 saturated heterocycles. The van der Waals surface area contributed by atoms with E-state index >= 15 is 0 Å². The number of hydrogen-bond acceptors (Lipinski definition) is 4. The van der Waals surface area contributed by atoms with Crippen molar-refractivity contribution < 1.29 is 4.74 Å². The molecule has 0 aliphatic carbocycles. The van der Waals surface area contributed by atoms with E-state index in [1.165, 1.54) is 16.8 Å². The summed E-state index contributed by atoms with van der Waals surface area (Å²) in [5.74, 6) is 0.377. The van der Waals surface area contributed by atoms with Crippen LogP contribution in [0.25, 0.3) is 0 Å². The number of hydrogen-bond donors (Lipinski definition) is 1. The smallest absolute Gasteiger partial charge is 0.266 e. The molecule has 2 rings (SSSR count). The summed E-state index contributed by atoms with van der Waals surface area (Å²) in [6.45, 7) is 1.42. The normalized spacial score (nSPS) is 20.7. The molecule has 15 heavy (non-hydrogen) atoms. The van der Waals surface area contributed by atoms with Crippen molar-refractivity contribution in [3.63, 3.8) is 0 Å². The van der Waals surface area contributed by atoms with E-state index in [9.17, 15) is 4.79 Å². The van der Waals surface area contributed by atoms with Gasteiger partial charge in [0.25, 0.3) is 5.56 Å². The van der Waals surface area contributed by atoms with Gasteiger partial charge in [-0.25, -0.2) is 4.68 Å². The zero-order valence-electron chi connectivity index (χ0n) is 8.56. The highest BCUT2D eigenvalue weighted by atomic mass is 16.5. The van der Waals surface area contributed by atoms with Crippen LogP contribution in [0, 0.1) is 0 Å². The molecule has 2 heterocycles. The molecule has 1 unspecified atom stereocenters. The van der Waals surface area contributed by atoms with Crippen LogP contribution in [-0.4, -0.2) is 22.5 Å². The summed E-state index contributed by atoms with van der Waals surface area (Å²) in [6.07, 6.45) is 3.30. The van der Waals surface area contributed by atoms with E-state index in [1.807, 2.05) is 0 Å². The van der Waals surface area contributed by atoms with Gasteiger partial charge < -0.3 is 10.5 Å². The molecule has 5 nitrogen and oxygen atoms in total. The van der Waals surface area contributed by atoms with Gasteiger partial charge in [-0.2, -0.15) is 5.10 Å². The molecular formula is C10H15N3O2. The summed E-state index contributed by atoms with van der Waals surface area (Å²) in [4.78, 5) is 11.4. The molecule has 82 valence electrons. The van der Waals surface area contributed by atoms with Crippen molar-refractivity contribution >= 4 is 5.82 Å². The van der Waals surface area contributed by atoms with Crippen molar-refractivity contribution in [1.82, 2.24) is 9.78 Å². The van der Waals surface area contributed by atoms with Crippen LogP contribution in [0.1, 0.15) is 19.3 Å². The molecule has 0 saturated carbocycles. The molecule has 5 heteroatoms. The largest absolute Gasteiger partial charge is 0.382 e. The molecule has 0 spiro atoms. The van der Waals surface area contributed by atoms with Crippen molar-refractivity contribution in [2.24, 2.45) is 0 Å². The second-order valence-electron chi connectivity index (χ2n) is 3.74. The molecule has 2 N–H and O–H groups in total. The van der Waals surface area contributed by atoms with Crippen LogP contribution in [0.3, 0.4) is 0 Å². The van der Waals surface area contributed by atoms with Gasteiger partial charge in [-0.3, -0.25) is 4.79 Å². The average molecular weight is 209 g/mol. The van der Waals surface area contributed by atoms with Gasteiger partial charge >= 0.3 is 0 Å². The van der Waals surface area contributed by atoms with Crippen LogP contribution in [0.15, 0.2) is 16.9 Å². The fourth-order valence-electron chi connectivity index (χ4n) is 1.76. The molecule has 1 aromatic heterocycles. The zero-order valence-corrected chi connectivity index (χ0v) is 8.56. The second kappa shape index (κ2) is 4.44. The first-order valence-electron chi connectivity index (χ1n) is 5.21. The Hall–Kier alpha value is -1.36. The van der Waals surface area contributed by atoms with Crippen molar-refractivity contribution in [2.75, 3.05) is 12.3 Å². The first-order valence-corrected chi connectivity index (χ1v) is 5.21. The maximum atomic E-state index is 11.4. The first-order chi connectivity index (χ1) is 7.25. The monoisotopic (exact) mass is 209 g/mol. The Labute approximate surface area is 87.8 Å². The molecule has 0 bridgehead atoms. The van der Waals surface area contributed by atoms with E-state index in [2.05, 4.69) is 5.10 Å². The lowest BCUT2D eigenvalue weighted by molar-refractivity contribution is 0.0991. The SMILES string of the molecule is Nc1ccc(=O)n(CCC2CCCO2)n1. The molecule has 0 aromatic carbocycles. The number of nitrogen functional groups attached to an aromatic ring is 1. The third-order valence-electron chi connectivity index (χ3n) is 2.57. The second-order valence-corrected chi connectivity index (χ2v) is 3.74. The van der Waals surface area contributed by atoms with Gasteiger partial charge in [0.2, 0.25) is 0 Å². The van der Waals surface area contributed by atoms with E-state index in [0.717, 1.165) is 25.9 Å². The maximum Gasteiger partial charge on any atom is 0.266 e. The summed E-state index contributed by atoms with van der Waals surface area (Å²) in [5, 5.41) is 3.96. The molecule has 1 aliphatic rings. The van der Waals surface area contributed by atoms with Crippen molar-refractivity contribution in [1.29, 1.82) is 0 Å². The lowest BCUT2D eigenvalue weighted by Gasteiger charge is -2.09. The minimum absolute atomic E-state index is 0.109. The Morgan fingerprint density at radius 2 is 2.47 bits per heavy atom. The molecule has 1 fully saturated rings. The number of nitrogens with two attached hydrogens (primary N) is 1. The lowest BCUT2D eigenvalue weighted by Crippen LogP contribution is -2.24. The highest BCUT2D eigenvalue weighted by Crippen LogP contribution is 2.15. The fraction of sp³-hybridized carbons (Fsp3) is 0.600. The molecular weight excluding hydrogens is 194 g/mol. The minimum Gasteiger partial charge on any atom is -0.382 e. The number of aromatic nitrogens is 2. The van der Waals surface area contributed by atoms with Gasteiger partial charge in [-0.05, 0) is 25.3 Å². The average Bonchev–Trinajstić information content (AvgIpc) is 2.72. The summed E-state index contributed by atoms with van der Waals surface area (Å²) in [6, 6.07) is 2.96. The fourth-order valence-corrected chi connectivity index (χ4v) is 1.76. The van der Waals surface area contributed by atoms with Gasteiger partial charge in [0.1, 0.15) is 5.82 Å². The van der Waals surface area contributed by atoms with E-state index in [0.29, 0.717) is 12.4 Å². The Bertz CT molecular complexity index is 382. The van der Waals surface area contributed by atoms with Crippen LogP contribution >= 0.6 is 0 Å². The van der Waals surface area contributed by atoms with Crippen molar-refractivity contribution in [2.45, 2.75) is 31.9 Å². The number of ether oxygens (including phenoxy) is 1. The van der Waals surface area contributed by atoms with Crippen LogP contribution in [-0.2, 0) is 11.3 Å². The third-order valence-corrected chi connectivity index (χ3v) is 2.57. The number of nitrogens with zero attached hydrogens (tertiary/aromatic N) is 2. The Morgan fingerprint density at radius 3 is 3.20 bits per heavy atom. The predicted octanol–water partition coefficient (Wildman–Crippen LogP) is 0.395. The lowest BCUT2D eigenvalue weighted by atomic mass is 10.2. The van der Waals surface area contributed by atoms with E-state index in [4.69, 9.17) is 10.5 Å². The van der Waals surface area contributed by atoms with Gasteiger partial charge in [0, 0.05) is 19.2 Å².